The number of rotatable bonds is 7. The first-order valence-corrected chi connectivity index (χ1v) is 6.93. The molecule has 1 aromatic rings. The van der Waals surface area contributed by atoms with E-state index in [-0.39, 0.29) is 18.5 Å². The number of urea groups is 1. The van der Waals surface area contributed by atoms with Gasteiger partial charge in [-0.05, 0) is 37.0 Å². The molecule has 0 aromatic heterocycles. The molecule has 0 aliphatic carbocycles. The largest absolute Gasteiger partial charge is 0.481 e. The Bertz CT molecular complexity index is 439. The van der Waals surface area contributed by atoms with Crippen molar-refractivity contribution in [3.63, 3.8) is 0 Å². The molecule has 0 spiro atoms. The summed E-state index contributed by atoms with van der Waals surface area (Å²) in [6.07, 6.45) is 2.41. The van der Waals surface area contributed by atoms with Crippen molar-refractivity contribution in [1.29, 1.82) is 0 Å². The van der Waals surface area contributed by atoms with Crippen molar-refractivity contribution >= 4 is 17.7 Å². The van der Waals surface area contributed by atoms with Crippen LogP contribution in [0, 0.1) is 0 Å². The predicted molar refractivity (Wildman–Crippen MR) is 78.9 cm³/mol. The second-order valence-electron chi connectivity index (χ2n) is 4.70. The lowest BCUT2D eigenvalue weighted by atomic mass is 10.1. The zero-order valence-corrected chi connectivity index (χ0v) is 12.0. The molecule has 0 saturated carbocycles. The van der Waals surface area contributed by atoms with Crippen molar-refractivity contribution in [2.75, 3.05) is 5.32 Å². The van der Waals surface area contributed by atoms with Gasteiger partial charge in [0.05, 0.1) is 0 Å². The molecule has 0 unspecified atom stereocenters. The lowest BCUT2D eigenvalue weighted by molar-refractivity contribution is -0.136. The fraction of sp³-hybridized carbons (Fsp3) is 0.467. The zero-order valence-electron chi connectivity index (χ0n) is 12.0. The maximum absolute atomic E-state index is 11.7. The monoisotopic (exact) mass is 278 g/mol. The molecule has 20 heavy (non-hydrogen) atoms. The molecule has 0 aliphatic heterocycles. The number of carbonyl (C=O) groups excluding carboxylic acids is 1. The first kappa shape index (κ1) is 16.0. The highest BCUT2D eigenvalue weighted by molar-refractivity contribution is 5.89. The van der Waals surface area contributed by atoms with E-state index < -0.39 is 5.97 Å². The Morgan fingerprint density at radius 3 is 2.25 bits per heavy atom. The SMILES string of the molecule is CCC(CC)NC(=O)Nc1ccc(CCC(=O)O)cc1. The highest BCUT2D eigenvalue weighted by Crippen LogP contribution is 2.11. The van der Waals surface area contributed by atoms with Gasteiger partial charge in [0.25, 0.3) is 0 Å². The van der Waals surface area contributed by atoms with Gasteiger partial charge in [0.15, 0.2) is 0 Å². The molecule has 0 atom stereocenters. The third-order valence-corrected chi connectivity index (χ3v) is 3.16. The van der Waals surface area contributed by atoms with Crippen LogP contribution in [0.15, 0.2) is 24.3 Å². The van der Waals surface area contributed by atoms with Crippen LogP contribution in [0.1, 0.15) is 38.7 Å². The third kappa shape index (κ3) is 5.73. The fourth-order valence-corrected chi connectivity index (χ4v) is 1.85. The third-order valence-electron chi connectivity index (χ3n) is 3.16. The highest BCUT2D eigenvalue weighted by atomic mass is 16.4. The summed E-state index contributed by atoms with van der Waals surface area (Å²) in [6.45, 7) is 4.07. The van der Waals surface area contributed by atoms with Crippen molar-refractivity contribution in [3.05, 3.63) is 29.8 Å². The minimum atomic E-state index is -0.809. The maximum Gasteiger partial charge on any atom is 0.319 e. The molecular formula is C15H22N2O3. The van der Waals surface area contributed by atoms with Crippen LogP contribution in [0.5, 0.6) is 0 Å². The van der Waals surface area contributed by atoms with Gasteiger partial charge in [0.2, 0.25) is 0 Å². The van der Waals surface area contributed by atoms with E-state index >= 15 is 0 Å². The number of anilines is 1. The summed E-state index contributed by atoms with van der Waals surface area (Å²) in [6, 6.07) is 7.19. The van der Waals surface area contributed by atoms with E-state index in [0.29, 0.717) is 12.1 Å². The van der Waals surface area contributed by atoms with Crippen LogP contribution in [-0.2, 0) is 11.2 Å². The number of nitrogens with one attached hydrogen (secondary N) is 2. The Labute approximate surface area is 119 Å². The predicted octanol–water partition coefficient (Wildman–Crippen LogP) is 3.01. The fourth-order valence-electron chi connectivity index (χ4n) is 1.85. The number of hydrogen-bond acceptors (Lipinski definition) is 2. The molecular weight excluding hydrogens is 256 g/mol. The van der Waals surface area contributed by atoms with Crippen LogP contribution < -0.4 is 10.6 Å². The summed E-state index contributed by atoms with van der Waals surface area (Å²) in [5.41, 5.74) is 1.64. The van der Waals surface area contributed by atoms with Gasteiger partial charge in [-0.1, -0.05) is 26.0 Å². The number of amides is 2. The lowest BCUT2D eigenvalue weighted by Gasteiger charge is -2.15. The van der Waals surface area contributed by atoms with Gasteiger partial charge in [0.1, 0.15) is 0 Å². The van der Waals surface area contributed by atoms with E-state index in [9.17, 15) is 9.59 Å². The summed E-state index contributed by atoms with van der Waals surface area (Å²) >= 11 is 0. The minimum Gasteiger partial charge on any atom is -0.481 e. The number of carboxylic acid groups (broad SMARTS) is 1. The summed E-state index contributed by atoms with van der Waals surface area (Å²) in [5.74, 6) is -0.809. The van der Waals surface area contributed by atoms with Crippen molar-refractivity contribution in [1.82, 2.24) is 5.32 Å². The van der Waals surface area contributed by atoms with Gasteiger partial charge >= 0.3 is 12.0 Å². The molecule has 2 amide bonds. The van der Waals surface area contributed by atoms with E-state index in [1.54, 1.807) is 12.1 Å². The molecule has 3 N–H and O–H groups in total. The molecule has 0 fully saturated rings. The summed E-state index contributed by atoms with van der Waals surface area (Å²) in [7, 11) is 0. The topological polar surface area (TPSA) is 78.4 Å². The quantitative estimate of drug-likeness (QED) is 0.717. The van der Waals surface area contributed by atoms with Crippen molar-refractivity contribution < 1.29 is 14.7 Å². The molecule has 1 rings (SSSR count). The van der Waals surface area contributed by atoms with Gasteiger partial charge in [-0.3, -0.25) is 4.79 Å². The van der Waals surface area contributed by atoms with Gasteiger partial charge in [0, 0.05) is 18.2 Å². The van der Waals surface area contributed by atoms with E-state index in [2.05, 4.69) is 10.6 Å². The average molecular weight is 278 g/mol. The summed E-state index contributed by atoms with van der Waals surface area (Å²) in [5, 5.41) is 14.3. The van der Waals surface area contributed by atoms with Crippen LogP contribution >= 0.6 is 0 Å². The zero-order chi connectivity index (χ0) is 15.0. The first-order chi connectivity index (χ1) is 9.55. The summed E-state index contributed by atoms with van der Waals surface area (Å²) in [4.78, 5) is 22.2. The standard InChI is InChI=1S/C15H22N2O3/c1-3-12(4-2)16-15(20)17-13-8-5-11(6-9-13)7-10-14(18)19/h5-6,8-9,12H,3-4,7,10H2,1-2H3,(H,18,19)(H2,16,17,20). The van der Waals surface area contributed by atoms with Crippen molar-refractivity contribution in [2.24, 2.45) is 0 Å². The number of carbonyl (C=O) groups is 2. The first-order valence-electron chi connectivity index (χ1n) is 6.93. The Morgan fingerprint density at radius 1 is 1.15 bits per heavy atom. The Hall–Kier alpha value is -2.04. The van der Waals surface area contributed by atoms with Crippen molar-refractivity contribution in [3.8, 4) is 0 Å². The van der Waals surface area contributed by atoms with Crippen LogP contribution in [0.2, 0.25) is 0 Å². The molecule has 110 valence electrons. The smallest absolute Gasteiger partial charge is 0.319 e. The van der Waals surface area contributed by atoms with Gasteiger partial charge in [-0.2, -0.15) is 0 Å². The molecule has 0 saturated heterocycles. The molecule has 5 nitrogen and oxygen atoms in total. The lowest BCUT2D eigenvalue weighted by Crippen LogP contribution is -2.37. The Kier molecular flexibility index (Phi) is 6.56. The average Bonchev–Trinajstić information content (AvgIpc) is 2.44. The summed E-state index contributed by atoms with van der Waals surface area (Å²) < 4.78 is 0. The van der Waals surface area contributed by atoms with Crippen LogP contribution in [0.3, 0.4) is 0 Å². The number of hydrogen-bond donors (Lipinski definition) is 3. The molecule has 5 heteroatoms. The second kappa shape index (κ2) is 8.19. The molecule has 0 radical (unpaired) electrons. The number of aryl methyl sites for hydroxylation is 1. The highest BCUT2D eigenvalue weighted by Gasteiger charge is 2.08. The molecule has 1 aromatic carbocycles. The van der Waals surface area contributed by atoms with Gasteiger partial charge in [-0.25, -0.2) is 4.79 Å². The number of benzene rings is 1. The number of carboxylic acids is 1. The van der Waals surface area contributed by atoms with E-state index in [4.69, 9.17) is 5.11 Å². The normalized spacial score (nSPS) is 10.3. The van der Waals surface area contributed by atoms with Crippen LogP contribution in [0.25, 0.3) is 0 Å². The molecule has 0 bridgehead atoms. The second-order valence-corrected chi connectivity index (χ2v) is 4.70. The Balaban J connectivity index is 2.48. The van der Waals surface area contributed by atoms with E-state index in [0.717, 1.165) is 18.4 Å². The number of aliphatic carboxylic acids is 1. The van der Waals surface area contributed by atoms with Crippen LogP contribution in [-0.4, -0.2) is 23.1 Å². The maximum atomic E-state index is 11.7. The van der Waals surface area contributed by atoms with Crippen LogP contribution in [0.4, 0.5) is 10.5 Å². The van der Waals surface area contributed by atoms with Gasteiger partial charge < -0.3 is 15.7 Å². The minimum absolute atomic E-state index is 0.113. The van der Waals surface area contributed by atoms with Crippen molar-refractivity contribution in [2.45, 2.75) is 45.6 Å². The van der Waals surface area contributed by atoms with E-state index in [1.165, 1.54) is 0 Å². The molecule has 0 heterocycles. The van der Waals surface area contributed by atoms with Gasteiger partial charge in [-0.15, -0.1) is 0 Å². The Morgan fingerprint density at radius 2 is 1.75 bits per heavy atom. The molecule has 0 aliphatic rings. The van der Waals surface area contributed by atoms with E-state index in [1.807, 2.05) is 26.0 Å².